The third kappa shape index (κ3) is 2.63. The maximum Gasteiger partial charge on any atom is 0.379 e. The first-order valence-corrected chi connectivity index (χ1v) is 5.12. The molecule has 0 spiro atoms. The van der Waals surface area contributed by atoms with Gasteiger partial charge in [0.05, 0.1) is 6.61 Å². The first-order valence-electron chi connectivity index (χ1n) is 4.33. The minimum Gasteiger partial charge on any atom is -0.460 e. The van der Waals surface area contributed by atoms with Gasteiger partial charge < -0.3 is 4.74 Å². The highest BCUT2D eigenvalue weighted by Crippen LogP contribution is 2.20. The molecule has 0 radical (unpaired) electrons. The van der Waals surface area contributed by atoms with Crippen molar-refractivity contribution < 1.29 is 23.1 Å². The van der Waals surface area contributed by atoms with Crippen LogP contribution in [0.5, 0.6) is 0 Å². The number of rotatable bonds is 3. The standard InChI is InChI=1S/C10H7BrF2O3/c1-2-16-10(15)9(14)8-6(12)3-5(11)4-7(8)13/h3-4H,2H2,1H3. The fourth-order valence-corrected chi connectivity index (χ4v) is 1.46. The zero-order chi connectivity index (χ0) is 12.3. The molecule has 0 atom stereocenters. The van der Waals surface area contributed by atoms with Gasteiger partial charge in [0.15, 0.2) is 0 Å². The average molecular weight is 293 g/mol. The van der Waals surface area contributed by atoms with Gasteiger partial charge in [0.2, 0.25) is 0 Å². The Hall–Kier alpha value is -1.30. The molecule has 0 heterocycles. The van der Waals surface area contributed by atoms with Crippen molar-refractivity contribution in [2.45, 2.75) is 6.92 Å². The minimum atomic E-state index is -1.33. The van der Waals surface area contributed by atoms with Crippen LogP contribution in [0.15, 0.2) is 16.6 Å². The molecule has 86 valence electrons. The topological polar surface area (TPSA) is 43.4 Å². The van der Waals surface area contributed by atoms with Crippen LogP contribution in [0.3, 0.4) is 0 Å². The van der Waals surface area contributed by atoms with Crippen molar-refractivity contribution in [2.75, 3.05) is 6.61 Å². The van der Waals surface area contributed by atoms with Gasteiger partial charge in [-0.1, -0.05) is 15.9 Å². The predicted molar refractivity (Wildman–Crippen MR) is 55.0 cm³/mol. The Bertz CT molecular complexity index is 423. The smallest absolute Gasteiger partial charge is 0.379 e. The molecule has 0 fully saturated rings. The van der Waals surface area contributed by atoms with E-state index in [4.69, 9.17) is 0 Å². The maximum absolute atomic E-state index is 13.3. The van der Waals surface area contributed by atoms with E-state index in [9.17, 15) is 18.4 Å². The summed E-state index contributed by atoms with van der Waals surface area (Å²) in [4.78, 5) is 22.3. The van der Waals surface area contributed by atoms with Crippen molar-refractivity contribution in [2.24, 2.45) is 0 Å². The van der Waals surface area contributed by atoms with Gasteiger partial charge in [0, 0.05) is 4.47 Å². The van der Waals surface area contributed by atoms with Crippen LogP contribution in [0, 0.1) is 11.6 Å². The minimum absolute atomic E-state index is 0.0374. The Morgan fingerprint density at radius 2 is 1.81 bits per heavy atom. The Labute approximate surface area is 98.5 Å². The first-order chi connectivity index (χ1) is 7.47. The fourth-order valence-electron chi connectivity index (χ4n) is 1.06. The van der Waals surface area contributed by atoms with E-state index in [2.05, 4.69) is 20.7 Å². The molecule has 0 aliphatic rings. The first kappa shape index (κ1) is 12.8. The lowest BCUT2D eigenvalue weighted by Gasteiger charge is -2.04. The third-order valence-corrected chi connectivity index (χ3v) is 2.15. The second kappa shape index (κ2) is 5.16. The van der Waals surface area contributed by atoms with E-state index in [1.165, 1.54) is 6.92 Å². The lowest BCUT2D eigenvalue weighted by Crippen LogP contribution is -2.20. The van der Waals surface area contributed by atoms with Crippen LogP contribution in [0.25, 0.3) is 0 Å². The zero-order valence-corrected chi connectivity index (χ0v) is 9.81. The molecule has 0 unspecified atom stereocenters. The second-order valence-electron chi connectivity index (χ2n) is 2.79. The average Bonchev–Trinajstić information content (AvgIpc) is 2.16. The number of carbonyl (C=O) groups excluding carboxylic acids is 2. The summed E-state index contributed by atoms with van der Waals surface area (Å²) in [6.07, 6.45) is 0. The van der Waals surface area contributed by atoms with E-state index in [0.29, 0.717) is 0 Å². The second-order valence-corrected chi connectivity index (χ2v) is 3.71. The molecule has 1 aromatic carbocycles. The van der Waals surface area contributed by atoms with Gasteiger partial charge in [-0.15, -0.1) is 0 Å². The van der Waals surface area contributed by atoms with Crippen LogP contribution in [0.2, 0.25) is 0 Å². The van der Waals surface area contributed by atoms with Crippen LogP contribution >= 0.6 is 15.9 Å². The Balaban J connectivity index is 3.14. The highest BCUT2D eigenvalue weighted by molar-refractivity contribution is 9.10. The highest BCUT2D eigenvalue weighted by Gasteiger charge is 2.25. The van der Waals surface area contributed by atoms with Gasteiger partial charge in [-0.05, 0) is 19.1 Å². The largest absolute Gasteiger partial charge is 0.460 e. The number of esters is 1. The molecular formula is C10H7BrF2O3. The normalized spacial score (nSPS) is 10.0. The summed E-state index contributed by atoms with van der Waals surface area (Å²) in [6, 6.07) is 1.80. The summed E-state index contributed by atoms with van der Waals surface area (Å²) in [5, 5.41) is 0. The van der Waals surface area contributed by atoms with E-state index in [1.807, 2.05) is 0 Å². The summed E-state index contributed by atoms with van der Waals surface area (Å²) >= 11 is 2.86. The molecule has 0 aromatic heterocycles. The Kier molecular flexibility index (Phi) is 4.12. The summed E-state index contributed by atoms with van der Waals surface area (Å²) in [5.41, 5.74) is -0.901. The predicted octanol–water partition coefficient (Wildman–Crippen LogP) is 2.47. The zero-order valence-electron chi connectivity index (χ0n) is 8.22. The van der Waals surface area contributed by atoms with Crippen LogP contribution < -0.4 is 0 Å². The number of halogens is 3. The fraction of sp³-hybridized carbons (Fsp3) is 0.200. The monoisotopic (exact) mass is 292 g/mol. The van der Waals surface area contributed by atoms with Crippen molar-refractivity contribution in [3.05, 3.63) is 33.8 Å². The number of hydrogen-bond acceptors (Lipinski definition) is 3. The quantitative estimate of drug-likeness (QED) is 0.488. The van der Waals surface area contributed by atoms with Crippen molar-refractivity contribution in [3.63, 3.8) is 0 Å². The molecule has 0 amide bonds. The summed E-state index contributed by atoms with van der Waals surface area (Å²) in [5.74, 6) is -4.82. The molecule has 0 aliphatic carbocycles. The van der Waals surface area contributed by atoms with Gasteiger partial charge in [-0.25, -0.2) is 13.6 Å². The van der Waals surface area contributed by atoms with Crippen LogP contribution in [-0.2, 0) is 9.53 Å². The number of hydrogen-bond donors (Lipinski definition) is 0. The molecule has 1 aromatic rings. The molecule has 0 N–H and O–H groups in total. The maximum atomic E-state index is 13.3. The molecule has 0 aliphatic heterocycles. The van der Waals surface area contributed by atoms with Crippen molar-refractivity contribution in [3.8, 4) is 0 Å². The van der Waals surface area contributed by atoms with E-state index >= 15 is 0 Å². The lowest BCUT2D eigenvalue weighted by atomic mass is 10.1. The van der Waals surface area contributed by atoms with Gasteiger partial charge >= 0.3 is 5.97 Å². The molecule has 16 heavy (non-hydrogen) atoms. The molecule has 1 rings (SSSR count). The van der Waals surface area contributed by atoms with Crippen molar-refractivity contribution in [1.29, 1.82) is 0 Å². The summed E-state index contributed by atoms with van der Waals surface area (Å²) < 4.78 is 31.0. The van der Waals surface area contributed by atoms with Gasteiger partial charge in [0.25, 0.3) is 5.78 Å². The number of Topliss-reactive ketones (excluding diaryl/α,β-unsaturated/α-hetero) is 1. The van der Waals surface area contributed by atoms with E-state index in [0.717, 1.165) is 12.1 Å². The van der Waals surface area contributed by atoms with Gasteiger partial charge in [-0.2, -0.15) is 0 Å². The molecule has 0 saturated carbocycles. The van der Waals surface area contributed by atoms with E-state index < -0.39 is 29.0 Å². The SMILES string of the molecule is CCOC(=O)C(=O)c1c(F)cc(Br)cc1F. The van der Waals surface area contributed by atoms with Crippen molar-refractivity contribution in [1.82, 2.24) is 0 Å². The van der Waals surface area contributed by atoms with Crippen molar-refractivity contribution >= 4 is 27.7 Å². The lowest BCUT2D eigenvalue weighted by molar-refractivity contribution is -0.137. The Morgan fingerprint density at radius 1 is 1.31 bits per heavy atom. The molecular weight excluding hydrogens is 286 g/mol. The number of ketones is 1. The van der Waals surface area contributed by atoms with Crippen LogP contribution in [0.1, 0.15) is 17.3 Å². The Morgan fingerprint density at radius 3 is 2.25 bits per heavy atom. The number of carbonyl (C=O) groups is 2. The number of benzene rings is 1. The third-order valence-electron chi connectivity index (χ3n) is 1.69. The molecule has 6 heteroatoms. The van der Waals surface area contributed by atoms with Gasteiger partial charge in [0.1, 0.15) is 17.2 Å². The summed E-state index contributed by atoms with van der Waals surface area (Å²) in [7, 11) is 0. The molecule has 0 saturated heterocycles. The summed E-state index contributed by atoms with van der Waals surface area (Å²) in [6.45, 7) is 1.45. The van der Waals surface area contributed by atoms with E-state index in [1.54, 1.807) is 0 Å². The highest BCUT2D eigenvalue weighted by atomic mass is 79.9. The van der Waals surface area contributed by atoms with Gasteiger partial charge in [-0.3, -0.25) is 4.79 Å². The molecule has 0 bridgehead atoms. The van der Waals surface area contributed by atoms with E-state index in [-0.39, 0.29) is 11.1 Å². The van der Waals surface area contributed by atoms with Crippen LogP contribution in [0.4, 0.5) is 8.78 Å². The number of ether oxygens (including phenoxy) is 1. The molecule has 3 nitrogen and oxygen atoms in total. The van der Waals surface area contributed by atoms with Crippen LogP contribution in [-0.4, -0.2) is 18.4 Å².